The lowest BCUT2D eigenvalue weighted by atomic mass is 10.0. The van der Waals surface area contributed by atoms with Crippen LogP contribution in [0.25, 0.3) is 0 Å². The number of alkyl halides is 2. The zero-order chi connectivity index (χ0) is 12.5. The molecule has 3 nitrogen and oxygen atoms in total. The van der Waals surface area contributed by atoms with E-state index in [9.17, 15) is 13.6 Å². The van der Waals surface area contributed by atoms with Crippen LogP contribution in [-0.2, 0) is 4.74 Å². The largest absolute Gasteiger partial charge is 0.449 e. The van der Waals surface area contributed by atoms with Crippen LogP contribution in [0.3, 0.4) is 0 Å². The molecule has 5 heteroatoms. The number of amides is 1. The van der Waals surface area contributed by atoms with Gasteiger partial charge in [-0.1, -0.05) is 13.3 Å². The Morgan fingerprint density at radius 1 is 1.53 bits per heavy atom. The van der Waals surface area contributed by atoms with Crippen molar-refractivity contribution in [3.63, 3.8) is 0 Å². The highest BCUT2D eigenvalue weighted by Gasteiger charge is 2.61. The molecule has 2 fully saturated rings. The molecule has 0 aromatic heterocycles. The van der Waals surface area contributed by atoms with Crippen LogP contribution in [0.2, 0.25) is 0 Å². The molecule has 1 aliphatic heterocycles. The molecule has 0 N–H and O–H groups in total. The average Bonchev–Trinajstić information content (AvgIpc) is 2.75. The van der Waals surface area contributed by atoms with E-state index in [2.05, 4.69) is 0 Å². The Balaban J connectivity index is 1.72. The molecule has 0 spiro atoms. The number of ether oxygens (including phenoxy) is 1. The van der Waals surface area contributed by atoms with Gasteiger partial charge < -0.3 is 9.64 Å². The quantitative estimate of drug-likeness (QED) is 0.715. The second-order valence-electron chi connectivity index (χ2n) is 5.03. The van der Waals surface area contributed by atoms with E-state index < -0.39 is 11.8 Å². The van der Waals surface area contributed by atoms with Gasteiger partial charge in [0.1, 0.15) is 0 Å². The van der Waals surface area contributed by atoms with Gasteiger partial charge in [-0.25, -0.2) is 13.6 Å². The minimum Gasteiger partial charge on any atom is -0.449 e. The molecule has 2 aliphatic rings. The smallest absolute Gasteiger partial charge is 0.409 e. The van der Waals surface area contributed by atoms with Crippen molar-refractivity contribution in [2.45, 2.75) is 38.5 Å². The highest BCUT2D eigenvalue weighted by atomic mass is 19.3. The number of carbonyl (C=O) groups is 1. The molecule has 98 valence electrons. The topological polar surface area (TPSA) is 29.5 Å². The maximum Gasteiger partial charge on any atom is 0.409 e. The van der Waals surface area contributed by atoms with Crippen LogP contribution in [-0.4, -0.2) is 36.6 Å². The van der Waals surface area contributed by atoms with Crippen LogP contribution in [0.1, 0.15) is 32.6 Å². The van der Waals surface area contributed by atoms with Gasteiger partial charge in [0, 0.05) is 25.4 Å². The van der Waals surface area contributed by atoms with E-state index in [4.69, 9.17) is 4.74 Å². The van der Waals surface area contributed by atoms with Crippen molar-refractivity contribution < 1.29 is 18.3 Å². The van der Waals surface area contributed by atoms with Crippen molar-refractivity contribution in [2.24, 2.45) is 11.8 Å². The van der Waals surface area contributed by atoms with Gasteiger partial charge in [-0.3, -0.25) is 0 Å². The minimum atomic E-state index is -2.48. The highest BCUT2D eigenvalue weighted by molar-refractivity contribution is 5.67. The van der Waals surface area contributed by atoms with E-state index in [1.54, 1.807) is 4.90 Å². The van der Waals surface area contributed by atoms with Gasteiger partial charge in [0.15, 0.2) is 0 Å². The van der Waals surface area contributed by atoms with Crippen LogP contribution >= 0.6 is 0 Å². The van der Waals surface area contributed by atoms with Crippen LogP contribution in [0, 0.1) is 11.8 Å². The first kappa shape index (κ1) is 12.6. The summed E-state index contributed by atoms with van der Waals surface area (Å²) in [5, 5.41) is 0. The van der Waals surface area contributed by atoms with Gasteiger partial charge >= 0.3 is 6.09 Å². The molecular formula is C12H19F2NO2. The molecule has 0 aromatic carbocycles. The second kappa shape index (κ2) is 4.78. The van der Waals surface area contributed by atoms with E-state index in [-0.39, 0.29) is 18.4 Å². The summed E-state index contributed by atoms with van der Waals surface area (Å²) in [5.41, 5.74) is 0. The predicted molar refractivity (Wildman–Crippen MR) is 59.0 cm³/mol. The molecule has 1 heterocycles. The number of rotatable bonds is 4. The van der Waals surface area contributed by atoms with Crippen LogP contribution < -0.4 is 0 Å². The van der Waals surface area contributed by atoms with E-state index in [1.807, 2.05) is 6.92 Å². The van der Waals surface area contributed by atoms with Gasteiger partial charge in [0.05, 0.1) is 6.61 Å². The zero-order valence-corrected chi connectivity index (χ0v) is 10.1. The van der Waals surface area contributed by atoms with Crippen molar-refractivity contribution >= 4 is 6.09 Å². The molecule has 2 rings (SSSR count). The fourth-order valence-electron chi connectivity index (χ4n) is 2.42. The molecule has 1 saturated heterocycles. The summed E-state index contributed by atoms with van der Waals surface area (Å²) in [6, 6.07) is 0. The third-order valence-corrected chi connectivity index (χ3v) is 3.65. The molecular weight excluding hydrogens is 228 g/mol. The average molecular weight is 247 g/mol. The maximum absolute atomic E-state index is 12.9. The lowest BCUT2D eigenvalue weighted by Crippen LogP contribution is -2.30. The summed E-state index contributed by atoms with van der Waals surface area (Å²) >= 11 is 0. The van der Waals surface area contributed by atoms with E-state index >= 15 is 0 Å². The van der Waals surface area contributed by atoms with Crippen molar-refractivity contribution in [2.75, 3.05) is 19.7 Å². The number of unbranched alkanes of at least 4 members (excludes halogenated alkanes) is 1. The SMILES string of the molecule is CCCCOC(=O)N1CCC(C2CC2(F)F)C1. The van der Waals surface area contributed by atoms with Crippen molar-refractivity contribution in [1.82, 2.24) is 4.90 Å². The summed E-state index contributed by atoms with van der Waals surface area (Å²) in [4.78, 5) is 13.2. The Morgan fingerprint density at radius 3 is 2.82 bits per heavy atom. The lowest BCUT2D eigenvalue weighted by Gasteiger charge is -2.16. The minimum absolute atomic E-state index is 0.00358. The van der Waals surface area contributed by atoms with E-state index in [0.717, 1.165) is 12.8 Å². The van der Waals surface area contributed by atoms with Gasteiger partial charge in [-0.15, -0.1) is 0 Å². The number of hydrogen-bond acceptors (Lipinski definition) is 2. The molecule has 0 aromatic rings. The molecule has 2 atom stereocenters. The van der Waals surface area contributed by atoms with Crippen molar-refractivity contribution in [1.29, 1.82) is 0 Å². The van der Waals surface area contributed by atoms with E-state index in [0.29, 0.717) is 26.1 Å². The Morgan fingerprint density at radius 2 is 2.24 bits per heavy atom. The molecule has 1 saturated carbocycles. The Bertz CT molecular complexity index is 296. The first-order valence-electron chi connectivity index (χ1n) is 6.34. The standard InChI is InChI=1S/C12H19F2NO2/c1-2-3-6-17-11(16)15-5-4-9(8-15)10-7-12(10,13)14/h9-10H,2-8H2,1H3. The van der Waals surface area contributed by atoms with Gasteiger partial charge in [0.25, 0.3) is 5.92 Å². The third kappa shape index (κ3) is 2.87. The molecule has 1 amide bonds. The fourth-order valence-corrected chi connectivity index (χ4v) is 2.42. The molecule has 0 radical (unpaired) electrons. The van der Waals surface area contributed by atoms with Crippen LogP contribution in [0.5, 0.6) is 0 Å². The summed E-state index contributed by atoms with van der Waals surface area (Å²) in [7, 11) is 0. The molecule has 1 aliphatic carbocycles. The summed E-state index contributed by atoms with van der Waals surface area (Å²) in [6.45, 7) is 3.44. The number of likely N-dealkylation sites (tertiary alicyclic amines) is 1. The summed E-state index contributed by atoms with van der Waals surface area (Å²) in [5.74, 6) is -3.02. The summed E-state index contributed by atoms with van der Waals surface area (Å²) in [6.07, 6.45) is 2.16. The summed E-state index contributed by atoms with van der Waals surface area (Å²) < 4.78 is 30.8. The number of carbonyl (C=O) groups excluding carboxylic acids is 1. The van der Waals surface area contributed by atoms with Crippen LogP contribution in [0.4, 0.5) is 13.6 Å². The van der Waals surface area contributed by atoms with Gasteiger partial charge in [-0.05, 0) is 18.8 Å². The predicted octanol–water partition coefficient (Wildman–Crippen LogP) is 2.90. The molecule has 2 unspecified atom stereocenters. The Labute approximate surface area is 100 Å². The molecule has 0 bridgehead atoms. The lowest BCUT2D eigenvalue weighted by molar-refractivity contribution is 0.0822. The van der Waals surface area contributed by atoms with Crippen molar-refractivity contribution in [3.05, 3.63) is 0 Å². The molecule has 17 heavy (non-hydrogen) atoms. The maximum atomic E-state index is 12.9. The monoisotopic (exact) mass is 247 g/mol. The normalized spacial score (nSPS) is 30.4. The highest BCUT2D eigenvalue weighted by Crippen LogP contribution is 2.54. The second-order valence-corrected chi connectivity index (χ2v) is 5.03. The van der Waals surface area contributed by atoms with Gasteiger partial charge in [0.2, 0.25) is 0 Å². The van der Waals surface area contributed by atoms with Crippen molar-refractivity contribution in [3.8, 4) is 0 Å². The first-order chi connectivity index (χ1) is 8.04. The zero-order valence-electron chi connectivity index (χ0n) is 10.1. The first-order valence-corrected chi connectivity index (χ1v) is 6.34. The fraction of sp³-hybridized carbons (Fsp3) is 0.917. The Hall–Kier alpha value is -0.870. The number of halogens is 2. The third-order valence-electron chi connectivity index (χ3n) is 3.65. The number of nitrogens with zero attached hydrogens (tertiary/aromatic N) is 1. The van der Waals surface area contributed by atoms with E-state index in [1.165, 1.54) is 0 Å². The Kier molecular flexibility index (Phi) is 3.54. The van der Waals surface area contributed by atoms with Crippen LogP contribution in [0.15, 0.2) is 0 Å². The van der Waals surface area contributed by atoms with Gasteiger partial charge in [-0.2, -0.15) is 0 Å². The number of hydrogen-bond donors (Lipinski definition) is 0.